The van der Waals surface area contributed by atoms with Crippen molar-refractivity contribution in [2.45, 2.75) is 13.2 Å². The number of aromatic amines is 1. The molecule has 9 heteroatoms. The minimum absolute atomic E-state index is 0.383. The average molecular weight is 429 g/mol. The van der Waals surface area contributed by atoms with Crippen molar-refractivity contribution in [2.75, 3.05) is 5.32 Å². The zero-order valence-corrected chi connectivity index (χ0v) is 15.4. The van der Waals surface area contributed by atoms with E-state index in [1.165, 1.54) is 0 Å². The van der Waals surface area contributed by atoms with Crippen molar-refractivity contribution >= 4 is 45.1 Å². The van der Waals surface area contributed by atoms with Crippen molar-refractivity contribution in [2.24, 2.45) is 0 Å². The number of hydrogen-bond acceptors (Lipinski definition) is 5. The molecule has 6 nitrogen and oxygen atoms in total. The van der Waals surface area contributed by atoms with E-state index >= 15 is 0 Å². The molecule has 124 valence electrons. The predicted molar refractivity (Wildman–Crippen MR) is 96.4 cm³/mol. The second-order valence-electron chi connectivity index (χ2n) is 4.88. The number of nitrogens with one attached hydrogen (secondary N) is 2. The van der Waals surface area contributed by atoms with Gasteiger partial charge in [-0.25, -0.2) is 0 Å². The fourth-order valence-electron chi connectivity index (χ4n) is 2.03. The van der Waals surface area contributed by atoms with Crippen LogP contribution in [0.2, 0.25) is 10.0 Å². The molecule has 1 aromatic heterocycles. The molecule has 0 saturated heterocycles. The Hall–Kier alpha value is -1.83. The first-order valence-corrected chi connectivity index (χ1v) is 8.49. The summed E-state index contributed by atoms with van der Waals surface area (Å²) in [4.78, 5) is 0. The van der Waals surface area contributed by atoms with Gasteiger partial charge in [0.2, 0.25) is 0 Å². The number of aromatic nitrogens is 4. The van der Waals surface area contributed by atoms with E-state index in [0.717, 1.165) is 21.3 Å². The largest absolute Gasteiger partial charge is 0.489 e. The summed E-state index contributed by atoms with van der Waals surface area (Å²) in [6.07, 6.45) is 0. The first-order valence-electron chi connectivity index (χ1n) is 6.94. The molecular formula is C15H12BrCl2N5O. The van der Waals surface area contributed by atoms with Crippen LogP contribution in [0.3, 0.4) is 0 Å². The Labute approximate surface area is 156 Å². The van der Waals surface area contributed by atoms with Crippen molar-refractivity contribution in [3.63, 3.8) is 0 Å². The van der Waals surface area contributed by atoms with E-state index in [9.17, 15) is 0 Å². The lowest BCUT2D eigenvalue weighted by Crippen LogP contribution is -2.05. The topological polar surface area (TPSA) is 75.7 Å². The quantitative estimate of drug-likeness (QED) is 0.606. The number of tetrazole rings is 1. The number of ether oxygens (including phenoxy) is 1. The Kier molecular flexibility index (Phi) is 5.55. The Balaban J connectivity index is 1.71. The molecule has 1 heterocycles. The fourth-order valence-corrected chi connectivity index (χ4v) is 2.76. The average Bonchev–Trinajstić information content (AvgIpc) is 3.08. The van der Waals surface area contributed by atoms with Gasteiger partial charge >= 0.3 is 0 Å². The van der Waals surface area contributed by atoms with Crippen molar-refractivity contribution < 1.29 is 4.74 Å². The van der Waals surface area contributed by atoms with E-state index in [1.807, 2.05) is 24.3 Å². The zero-order valence-electron chi connectivity index (χ0n) is 12.3. The van der Waals surface area contributed by atoms with E-state index < -0.39 is 0 Å². The van der Waals surface area contributed by atoms with Crippen LogP contribution in [0.4, 0.5) is 5.95 Å². The van der Waals surface area contributed by atoms with Gasteiger partial charge in [0.25, 0.3) is 5.95 Å². The van der Waals surface area contributed by atoms with E-state index in [-0.39, 0.29) is 0 Å². The van der Waals surface area contributed by atoms with Crippen LogP contribution in [-0.4, -0.2) is 20.6 Å². The molecule has 0 atom stereocenters. The number of nitrogens with zero attached hydrogens (tertiary/aromatic N) is 3. The Bertz CT molecular complexity index is 829. The monoisotopic (exact) mass is 427 g/mol. The maximum absolute atomic E-state index is 6.03. The second-order valence-corrected chi connectivity index (χ2v) is 6.61. The molecule has 0 bridgehead atoms. The van der Waals surface area contributed by atoms with Gasteiger partial charge in [-0.15, -0.1) is 5.10 Å². The van der Waals surface area contributed by atoms with Gasteiger partial charge in [0, 0.05) is 16.6 Å². The third-order valence-electron chi connectivity index (χ3n) is 3.18. The Morgan fingerprint density at radius 3 is 2.75 bits per heavy atom. The molecular weight excluding hydrogens is 417 g/mol. The van der Waals surface area contributed by atoms with E-state index in [0.29, 0.717) is 29.1 Å². The second kappa shape index (κ2) is 7.83. The summed E-state index contributed by atoms with van der Waals surface area (Å²) >= 11 is 15.4. The molecule has 3 rings (SSSR count). The molecule has 0 saturated carbocycles. The molecule has 2 N–H and O–H groups in total. The minimum Gasteiger partial charge on any atom is -0.489 e. The van der Waals surface area contributed by atoms with Gasteiger partial charge < -0.3 is 10.1 Å². The number of hydrogen-bond donors (Lipinski definition) is 2. The molecule has 2 aromatic carbocycles. The Morgan fingerprint density at radius 1 is 1.12 bits per heavy atom. The van der Waals surface area contributed by atoms with Gasteiger partial charge in [0.1, 0.15) is 12.4 Å². The van der Waals surface area contributed by atoms with Crippen LogP contribution in [0.1, 0.15) is 11.1 Å². The van der Waals surface area contributed by atoms with E-state index in [4.69, 9.17) is 27.9 Å². The van der Waals surface area contributed by atoms with E-state index in [2.05, 4.69) is 41.9 Å². The van der Waals surface area contributed by atoms with Crippen LogP contribution in [0.5, 0.6) is 5.75 Å². The first kappa shape index (κ1) is 17.0. The van der Waals surface area contributed by atoms with Crippen molar-refractivity contribution in [3.05, 3.63) is 62.0 Å². The highest BCUT2D eigenvalue weighted by Crippen LogP contribution is 2.26. The molecule has 0 aliphatic rings. The molecule has 0 fully saturated rings. The molecule has 0 amide bonds. The minimum atomic E-state index is 0.383. The highest BCUT2D eigenvalue weighted by atomic mass is 79.9. The fraction of sp³-hybridized carbons (Fsp3) is 0.133. The zero-order chi connectivity index (χ0) is 16.9. The summed E-state index contributed by atoms with van der Waals surface area (Å²) in [6, 6.07) is 11.2. The van der Waals surface area contributed by atoms with Crippen LogP contribution in [-0.2, 0) is 13.2 Å². The summed E-state index contributed by atoms with van der Waals surface area (Å²) in [7, 11) is 0. The standard InChI is InChI=1S/C15H12BrCl2N5O/c16-11-2-4-14(10(6-11)7-19-15-20-22-23-21-15)24-8-9-1-3-12(17)13(18)5-9/h1-6H,7-8H2,(H2,19,20,21,22,23). The lowest BCUT2D eigenvalue weighted by molar-refractivity contribution is 0.303. The summed E-state index contributed by atoms with van der Waals surface area (Å²) in [5, 5.41) is 17.7. The molecule has 0 unspecified atom stereocenters. The first-order chi connectivity index (χ1) is 11.6. The van der Waals surface area contributed by atoms with Gasteiger partial charge in [-0.1, -0.05) is 50.3 Å². The molecule has 0 aliphatic heterocycles. The number of anilines is 1. The summed E-state index contributed by atoms with van der Waals surface area (Å²) in [5.41, 5.74) is 1.89. The Morgan fingerprint density at radius 2 is 2.00 bits per heavy atom. The molecule has 0 spiro atoms. The van der Waals surface area contributed by atoms with Crippen LogP contribution >= 0.6 is 39.1 Å². The molecule has 3 aromatic rings. The van der Waals surface area contributed by atoms with Crippen LogP contribution in [0.25, 0.3) is 0 Å². The number of rotatable bonds is 6. The molecule has 0 aliphatic carbocycles. The maximum atomic E-state index is 6.03. The lowest BCUT2D eigenvalue weighted by Gasteiger charge is -2.13. The highest BCUT2D eigenvalue weighted by molar-refractivity contribution is 9.10. The molecule has 0 radical (unpaired) electrons. The van der Waals surface area contributed by atoms with Crippen molar-refractivity contribution in [1.82, 2.24) is 20.6 Å². The van der Waals surface area contributed by atoms with Crippen LogP contribution in [0.15, 0.2) is 40.9 Å². The third-order valence-corrected chi connectivity index (χ3v) is 4.42. The van der Waals surface area contributed by atoms with E-state index in [1.54, 1.807) is 12.1 Å². The summed E-state index contributed by atoms with van der Waals surface area (Å²) < 4.78 is 6.87. The number of halogens is 3. The number of H-pyrrole nitrogens is 1. The molecule has 24 heavy (non-hydrogen) atoms. The lowest BCUT2D eigenvalue weighted by atomic mass is 10.2. The third kappa shape index (κ3) is 4.37. The predicted octanol–water partition coefficient (Wildman–Crippen LogP) is 4.46. The normalized spacial score (nSPS) is 10.6. The SMILES string of the molecule is Clc1ccc(COc2ccc(Br)cc2CNc2nn[nH]n2)cc1Cl. The van der Waals surface area contributed by atoms with Gasteiger partial charge in [-0.2, -0.15) is 5.21 Å². The van der Waals surface area contributed by atoms with Crippen molar-refractivity contribution in [3.8, 4) is 5.75 Å². The highest BCUT2D eigenvalue weighted by Gasteiger charge is 2.08. The smallest absolute Gasteiger partial charge is 0.263 e. The van der Waals surface area contributed by atoms with Gasteiger partial charge in [0.05, 0.1) is 10.0 Å². The van der Waals surface area contributed by atoms with Crippen molar-refractivity contribution in [1.29, 1.82) is 0 Å². The maximum Gasteiger partial charge on any atom is 0.263 e. The number of benzene rings is 2. The van der Waals surface area contributed by atoms with Crippen LogP contribution < -0.4 is 10.1 Å². The van der Waals surface area contributed by atoms with Crippen LogP contribution in [0, 0.1) is 0 Å². The summed E-state index contributed by atoms with van der Waals surface area (Å²) in [5.74, 6) is 1.17. The van der Waals surface area contributed by atoms with Gasteiger partial charge in [-0.05, 0) is 41.1 Å². The summed E-state index contributed by atoms with van der Waals surface area (Å²) in [6.45, 7) is 0.878. The van der Waals surface area contributed by atoms with Gasteiger partial charge in [-0.3, -0.25) is 0 Å². The van der Waals surface area contributed by atoms with Gasteiger partial charge in [0.15, 0.2) is 0 Å².